The zero-order valence-corrected chi connectivity index (χ0v) is 12.8. The van der Waals surface area contributed by atoms with Gasteiger partial charge in [0.25, 0.3) is 0 Å². The lowest BCUT2D eigenvalue weighted by Crippen LogP contribution is -2.28. The largest absolute Gasteiger partial charge is 0.508 e. The van der Waals surface area contributed by atoms with E-state index in [-0.39, 0.29) is 0 Å². The molecule has 22 heavy (non-hydrogen) atoms. The summed E-state index contributed by atoms with van der Waals surface area (Å²) in [7, 11) is 0. The standard InChI is InChI=1S/C19H23NO2/c21-18-8-3-5-15(13-18)10-11-16-6-1-2-9-19(16)22-14-17-7-4-12-20-17/h1-3,5-6,8-9,13,17,20-21H,4,7,10-12,14H2. The summed E-state index contributed by atoms with van der Waals surface area (Å²) in [6.07, 6.45) is 4.26. The van der Waals surface area contributed by atoms with Gasteiger partial charge >= 0.3 is 0 Å². The molecule has 1 unspecified atom stereocenters. The average molecular weight is 297 g/mol. The second-order valence-electron chi connectivity index (χ2n) is 5.88. The Morgan fingerprint density at radius 1 is 1.09 bits per heavy atom. The fourth-order valence-electron chi connectivity index (χ4n) is 2.93. The van der Waals surface area contributed by atoms with E-state index >= 15 is 0 Å². The normalized spacial score (nSPS) is 17.5. The SMILES string of the molecule is Oc1cccc(CCc2ccccc2OCC2CCCN2)c1. The van der Waals surface area contributed by atoms with Crippen molar-refractivity contribution in [3.05, 3.63) is 59.7 Å². The van der Waals surface area contributed by atoms with Gasteiger partial charge in [0.05, 0.1) is 0 Å². The van der Waals surface area contributed by atoms with Crippen LogP contribution in [0.4, 0.5) is 0 Å². The third-order valence-corrected chi connectivity index (χ3v) is 4.17. The molecule has 1 heterocycles. The fraction of sp³-hybridized carbons (Fsp3) is 0.368. The number of phenolic OH excluding ortho intramolecular Hbond substituents is 1. The number of ether oxygens (including phenoxy) is 1. The first-order valence-electron chi connectivity index (χ1n) is 8.03. The zero-order valence-electron chi connectivity index (χ0n) is 12.8. The molecule has 3 rings (SSSR count). The van der Waals surface area contributed by atoms with E-state index in [1.54, 1.807) is 6.07 Å². The van der Waals surface area contributed by atoms with Gasteiger partial charge in [0, 0.05) is 6.04 Å². The van der Waals surface area contributed by atoms with Crippen LogP contribution < -0.4 is 10.1 Å². The highest BCUT2D eigenvalue weighted by atomic mass is 16.5. The molecule has 0 bridgehead atoms. The molecule has 1 atom stereocenters. The van der Waals surface area contributed by atoms with Crippen LogP contribution in [0.5, 0.6) is 11.5 Å². The first-order chi connectivity index (χ1) is 10.8. The number of rotatable bonds is 6. The van der Waals surface area contributed by atoms with Crippen molar-refractivity contribution in [1.29, 1.82) is 0 Å². The second-order valence-corrected chi connectivity index (χ2v) is 5.88. The van der Waals surface area contributed by atoms with Crippen LogP contribution in [-0.4, -0.2) is 24.3 Å². The number of hydrogen-bond acceptors (Lipinski definition) is 3. The van der Waals surface area contributed by atoms with E-state index in [2.05, 4.69) is 17.4 Å². The number of aromatic hydroxyl groups is 1. The van der Waals surface area contributed by atoms with Gasteiger partial charge in [0.1, 0.15) is 18.1 Å². The molecule has 1 saturated heterocycles. The minimum absolute atomic E-state index is 0.328. The van der Waals surface area contributed by atoms with E-state index in [0.29, 0.717) is 11.8 Å². The smallest absolute Gasteiger partial charge is 0.122 e. The third-order valence-electron chi connectivity index (χ3n) is 4.17. The van der Waals surface area contributed by atoms with Gasteiger partial charge in [0.15, 0.2) is 0 Å². The number of nitrogens with one attached hydrogen (secondary N) is 1. The summed E-state index contributed by atoms with van der Waals surface area (Å²) in [4.78, 5) is 0. The van der Waals surface area contributed by atoms with Gasteiger partial charge in [-0.3, -0.25) is 0 Å². The van der Waals surface area contributed by atoms with Gasteiger partial charge in [-0.2, -0.15) is 0 Å². The lowest BCUT2D eigenvalue weighted by atomic mass is 10.0. The first-order valence-corrected chi connectivity index (χ1v) is 8.03. The molecule has 1 fully saturated rings. The van der Waals surface area contributed by atoms with E-state index in [4.69, 9.17) is 4.74 Å². The van der Waals surface area contributed by atoms with Crippen LogP contribution in [0, 0.1) is 0 Å². The van der Waals surface area contributed by atoms with E-state index in [1.165, 1.54) is 18.4 Å². The molecule has 0 amide bonds. The number of aryl methyl sites for hydroxylation is 2. The van der Waals surface area contributed by atoms with Crippen molar-refractivity contribution < 1.29 is 9.84 Å². The Morgan fingerprint density at radius 2 is 2.00 bits per heavy atom. The monoisotopic (exact) mass is 297 g/mol. The summed E-state index contributed by atoms with van der Waals surface area (Å²) >= 11 is 0. The van der Waals surface area contributed by atoms with Gasteiger partial charge in [-0.25, -0.2) is 0 Å². The van der Waals surface area contributed by atoms with E-state index in [1.807, 2.05) is 30.3 Å². The van der Waals surface area contributed by atoms with Crippen LogP contribution in [-0.2, 0) is 12.8 Å². The molecule has 3 heteroatoms. The minimum atomic E-state index is 0.328. The highest BCUT2D eigenvalue weighted by Crippen LogP contribution is 2.22. The molecule has 0 aliphatic carbocycles. The predicted octanol–water partition coefficient (Wildman–Crippen LogP) is 3.31. The third kappa shape index (κ3) is 4.01. The van der Waals surface area contributed by atoms with Crippen LogP contribution in [0.25, 0.3) is 0 Å². The van der Waals surface area contributed by atoms with Crippen molar-refractivity contribution in [3.63, 3.8) is 0 Å². The molecule has 0 radical (unpaired) electrons. The summed E-state index contributed by atoms with van der Waals surface area (Å²) in [5, 5.41) is 13.0. The van der Waals surface area contributed by atoms with Crippen molar-refractivity contribution in [3.8, 4) is 11.5 Å². The number of phenols is 1. The molecule has 116 valence electrons. The molecule has 0 saturated carbocycles. The van der Waals surface area contributed by atoms with Gasteiger partial charge in [-0.1, -0.05) is 30.3 Å². The Kier molecular flexibility index (Phi) is 4.96. The quantitative estimate of drug-likeness (QED) is 0.859. The number of para-hydroxylation sites is 1. The molecule has 2 aromatic carbocycles. The maximum absolute atomic E-state index is 9.54. The molecule has 1 aliphatic rings. The molecule has 2 aromatic rings. The first kappa shape index (κ1) is 14.9. The Bertz CT molecular complexity index is 606. The minimum Gasteiger partial charge on any atom is -0.508 e. The Labute approximate surface area is 131 Å². The molecular weight excluding hydrogens is 274 g/mol. The second kappa shape index (κ2) is 7.32. The summed E-state index contributed by atoms with van der Waals surface area (Å²) < 4.78 is 6.02. The topological polar surface area (TPSA) is 41.5 Å². The zero-order chi connectivity index (χ0) is 15.2. The van der Waals surface area contributed by atoms with Gasteiger partial charge in [0.2, 0.25) is 0 Å². The highest BCUT2D eigenvalue weighted by Gasteiger charge is 2.15. The Balaban J connectivity index is 1.60. The number of hydrogen-bond donors (Lipinski definition) is 2. The number of benzene rings is 2. The Hall–Kier alpha value is -2.00. The van der Waals surface area contributed by atoms with Crippen LogP contribution in [0.15, 0.2) is 48.5 Å². The van der Waals surface area contributed by atoms with Crippen molar-refractivity contribution in [2.75, 3.05) is 13.2 Å². The Morgan fingerprint density at radius 3 is 2.82 bits per heavy atom. The fourth-order valence-corrected chi connectivity index (χ4v) is 2.93. The van der Waals surface area contributed by atoms with Crippen LogP contribution >= 0.6 is 0 Å². The maximum Gasteiger partial charge on any atom is 0.122 e. The van der Waals surface area contributed by atoms with Gasteiger partial charge < -0.3 is 15.2 Å². The van der Waals surface area contributed by atoms with Gasteiger partial charge in [-0.15, -0.1) is 0 Å². The molecule has 2 N–H and O–H groups in total. The summed E-state index contributed by atoms with van der Waals surface area (Å²) in [6.45, 7) is 1.84. The van der Waals surface area contributed by atoms with E-state index in [9.17, 15) is 5.11 Å². The average Bonchev–Trinajstić information content (AvgIpc) is 3.05. The maximum atomic E-state index is 9.54. The van der Waals surface area contributed by atoms with Crippen LogP contribution in [0.1, 0.15) is 24.0 Å². The van der Waals surface area contributed by atoms with Crippen molar-refractivity contribution in [2.45, 2.75) is 31.7 Å². The van der Waals surface area contributed by atoms with Crippen molar-refractivity contribution >= 4 is 0 Å². The van der Waals surface area contributed by atoms with E-state index in [0.717, 1.165) is 37.3 Å². The lowest BCUT2D eigenvalue weighted by molar-refractivity contribution is 0.274. The van der Waals surface area contributed by atoms with Gasteiger partial charge in [-0.05, 0) is 61.6 Å². The molecule has 0 aromatic heterocycles. The highest BCUT2D eigenvalue weighted by molar-refractivity contribution is 5.35. The van der Waals surface area contributed by atoms with Crippen LogP contribution in [0.3, 0.4) is 0 Å². The molecule has 1 aliphatic heterocycles. The molecule has 3 nitrogen and oxygen atoms in total. The van der Waals surface area contributed by atoms with Crippen LogP contribution in [0.2, 0.25) is 0 Å². The predicted molar refractivity (Wildman–Crippen MR) is 88.5 cm³/mol. The lowest BCUT2D eigenvalue weighted by Gasteiger charge is -2.15. The summed E-state index contributed by atoms with van der Waals surface area (Å²) in [5.74, 6) is 1.31. The van der Waals surface area contributed by atoms with Crippen molar-refractivity contribution in [2.24, 2.45) is 0 Å². The van der Waals surface area contributed by atoms with Crippen molar-refractivity contribution in [1.82, 2.24) is 5.32 Å². The summed E-state index contributed by atoms with van der Waals surface area (Å²) in [5.41, 5.74) is 2.37. The summed E-state index contributed by atoms with van der Waals surface area (Å²) in [6, 6.07) is 16.2. The van der Waals surface area contributed by atoms with E-state index < -0.39 is 0 Å². The molecule has 0 spiro atoms. The molecular formula is C19H23NO2.